The average molecular weight is 509 g/mol. The number of aromatic nitrogens is 2. The number of hydrogen-bond acceptors (Lipinski definition) is 5. The zero-order valence-electron chi connectivity index (χ0n) is 21.0. The van der Waals surface area contributed by atoms with Crippen molar-refractivity contribution >= 4 is 17.7 Å². The number of rotatable bonds is 13. The van der Waals surface area contributed by atoms with Crippen LogP contribution in [0.1, 0.15) is 32.6 Å². The lowest BCUT2D eigenvalue weighted by atomic mass is 9.82. The number of ether oxygens (including phenoxy) is 2. The molecule has 1 aromatic heterocycles. The molecule has 3 aromatic rings. The predicted octanol–water partition coefficient (Wildman–Crippen LogP) is 6.25. The van der Waals surface area contributed by atoms with Gasteiger partial charge in [0.1, 0.15) is 17.3 Å². The quantitative estimate of drug-likeness (QED) is 0.217. The Morgan fingerprint density at radius 3 is 2.25 bits per heavy atom. The van der Waals surface area contributed by atoms with Crippen LogP contribution in [0.15, 0.2) is 65.7 Å². The van der Waals surface area contributed by atoms with Gasteiger partial charge in [-0.25, -0.2) is 4.79 Å². The Balaban J connectivity index is 1.57. The van der Waals surface area contributed by atoms with Gasteiger partial charge in [-0.1, -0.05) is 60.7 Å². The largest absolute Gasteiger partial charge is 0.480 e. The third-order valence-electron chi connectivity index (χ3n) is 6.66. The summed E-state index contributed by atoms with van der Waals surface area (Å²) in [5.74, 6) is 0.957. The van der Waals surface area contributed by atoms with Gasteiger partial charge in [-0.3, -0.25) is 4.68 Å². The van der Waals surface area contributed by atoms with Gasteiger partial charge >= 0.3 is 5.97 Å². The van der Waals surface area contributed by atoms with E-state index < -0.39 is 5.97 Å². The summed E-state index contributed by atoms with van der Waals surface area (Å²) in [6.07, 6.45) is 4.33. The fraction of sp³-hybridized carbons (Fsp3) is 0.448. The molecule has 0 spiro atoms. The second-order valence-electron chi connectivity index (χ2n) is 9.28. The van der Waals surface area contributed by atoms with Crippen LogP contribution in [0, 0.1) is 11.8 Å². The average Bonchev–Trinajstić information content (AvgIpc) is 3.26. The lowest BCUT2D eigenvalue weighted by Crippen LogP contribution is -2.23. The topological polar surface area (TPSA) is 73.6 Å². The second kappa shape index (κ2) is 13.6. The molecule has 1 heterocycles. The van der Waals surface area contributed by atoms with E-state index in [9.17, 15) is 4.79 Å². The van der Waals surface area contributed by atoms with Gasteiger partial charge in [0, 0.05) is 30.0 Å². The molecule has 0 aliphatic heterocycles. The Morgan fingerprint density at radius 2 is 1.61 bits per heavy atom. The van der Waals surface area contributed by atoms with Gasteiger partial charge in [0.2, 0.25) is 0 Å². The molecule has 0 radical (unpaired) electrons. The minimum absolute atomic E-state index is 0.208. The molecule has 6 nitrogen and oxygen atoms in total. The van der Waals surface area contributed by atoms with Crippen molar-refractivity contribution in [2.75, 3.05) is 32.2 Å². The van der Waals surface area contributed by atoms with Crippen molar-refractivity contribution in [3.8, 4) is 22.4 Å². The molecule has 0 bridgehead atoms. The van der Waals surface area contributed by atoms with Crippen LogP contribution < -0.4 is 0 Å². The van der Waals surface area contributed by atoms with Crippen molar-refractivity contribution in [1.82, 2.24) is 9.78 Å². The first-order valence-electron chi connectivity index (χ1n) is 12.9. The minimum Gasteiger partial charge on any atom is -0.480 e. The van der Waals surface area contributed by atoms with E-state index in [1.54, 1.807) is 0 Å². The Bertz CT molecular complexity index is 1080. The molecule has 4 rings (SSSR count). The number of carboxylic acids is 1. The molecule has 1 saturated carbocycles. The summed E-state index contributed by atoms with van der Waals surface area (Å²) < 4.78 is 13.2. The molecule has 1 aliphatic rings. The molecule has 1 aliphatic carbocycles. The fourth-order valence-electron chi connectivity index (χ4n) is 4.86. The van der Waals surface area contributed by atoms with Gasteiger partial charge in [-0.2, -0.15) is 5.10 Å². The summed E-state index contributed by atoms with van der Waals surface area (Å²) in [5, 5.41) is 15.2. The summed E-state index contributed by atoms with van der Waals surface area (Å²) in [6.45, 7) is 4.67. The molecule has 0 saturated heterocycles. The number of aliphatic carboxylic acids is 1. The maximum Gasteiger partial charge on any atom is 0.329 e. The van der Waals surface area contributed by atoms with Crippen LogP contribution in [-0.2, 0) is 20.8 Å². The maximum atomic E-state index is 10.7. The molecule has 36 heavy (non-hydrogen) atoms. The molecule has 2 aromatic carbocycles. The zero-order chi connectivity index (χ0) is 25.2. The van der Waals surface area contributed by atoms with Crippen molar-refractivity contribution < 1.29 is 19.4 Å². The predicted molar refractivity (Wildman–Crippen MR) is 144 cm³/mol. The van der Waals surface area contributed by atoms with E-state index >= 15 is 0 Å². The van der Waals surface area contributed by atoms with Gasteiger partial charge in [-0.15, -0.1) is 11.8 Å². The summed E-state index contributed by atoms with van der Waals surface area (Å²) in [5.41, 5.74) is 4.53. The van der Waals surface area contributed by atoms with Crippen LogP contribution in [0.2, 0.25) is 0 Å². The number of carbonyl (C=O) groups is 1. The molecule has 0 amide bonds. The molecule has 0 atom stereocenters. The number of nitrogens with zero attached hydrogens (tertiary/aromatic N) is 2. The smallest absolute Gasteiger partial charge is 0.329 e. The highest BCUT2D eigenvalue weighted by Gasteiger charge is 2.26. The summed E-state index contributed by atoms with van der Waals surface area (Å²) >= 11 is 1.83. The molecular weight excluding hydrogens is 472 g/mol. The van der Waals surface area contributed by atoms with Crippen molar-refractivity contribution in [3.05, 3.63) is 60.7 Å². The molecular formula is C29H36N2O4S. The summed E-state index contributed by atoms with van der Waals surface area (Å²) in [4.78, 5) is 10.7. The van der Waals surface area contributed by atoms with Crippen LogP contribution in [0.4, 0.5) is 0 Å². The van der Waals surface area contributed by atoms with Gasteiger partial charge in [-0.05, 0) is 50.0 Å². The van der Waals surface area contributed by atoms with E-state index in [-0.39, 0.29) is 6.61 Å². The van der Waals surface area contributed by atoms with Crippen LogP contribution in [0.25, 0.3) is 22.4 Å². The monoisotopic (exact) mass is 508 g/mol. The van der Waals surface area contributed by atoms with Crippen molar-refractivity contribution in [1.29, 1.82) is 0 Å². The van der Waals surface area contributed by atoms with Crippen LogP contribution in [0.5, 0.6) is 0 Å². The summed E-state index contributed by atoms with van der Waals surface area (Å²) in [7, 11) is 0. The normalized spacial score (nSPS) is 17.8. The van der Waals surface area contributed by atoms with E-state index in [1.807, 2.05) is 24.8 Å². The van der Waals surface area contributed by atoms with Gasteiger partial charge < -0.3 is 14.6 Å². The number of benzene rings is 2. The van der Waals surface area contributed by atoms with E-state index in [4.69, 9.17) is 19.7 Å². The van der Waals surface area contributed by atoms with Crippen LogP contribution >= 0.6 is 11.8 Å². The highest BCUT2D eigenvalue weighted by atomic mass is 32.2. The van der Waals surface area contributed by atoms with E-state index in [2.05, 4.69) is 59.3 Å². The SMILES string of the molecule is CCOCCSc1c(-c2ccccc2)c(-c2ccccc2)nn1CC1CCC(COCC(=O)O)CC1. The van der Waals surface area contributed by atoms with Crippen molar-refractivity contribution in [3.63, 3.8) is 0 Å². The lowest BCUT2D eigenvalue weighted by molar-refractivity contribution is -0.142. The first-order chi connectivity index (χ1) is 17.7. The van der Waals surface area contributed by atoms with Gasteiger partial charge in [0.15, 0.2) is 0 Å². The highest BCUT2D eigenvalue weighted by Crippen LogP contribution is 2.41. The number of hydrogen-bond donors (Lipinski definition) is 1. The van der Waals surface area contributed by atoms with Crippen molar-refractivity contribution in [2.24, 2.45) is 11.8 Å². The first-order valence-corrected chi connectivity index (χ1v) is 13.9. The van der Waals surface area contributed by atoms with Gasteiger partial charge in [0.25, 0.3) is 0 Å². The van der Waals surface area contributed by atoms with Crippen LogP contribution in [-0.4, -0.2) is 53.0 Å². The highest BCUT2D eigenvalue weighted by molar-refractivity contribution is 7.99. The zero-order valence-corrected chi connectivity index (χ0v) is 21.8. The third kappa shape index (κ3) is 7.21. The Labute approximate surface area is 218 Å². The molecule has 7 heteroatoms. The van der Waals surface area contributed by atoms with E-state index in [1.165, 1.54) is 16.2 Å². The standard InChI is InChI=1S/C29H36N2O4S/c1-2-34-17-18-36-29-27(24-9-5-3-6-10-24)28(25-11-7-4-8-12-25)30-31(29)19-22-13-15-23(16-14-22)20-35-21-26(32)33/h3-12,22-23H,2,13-21H2,1H3,(H,32,33). The Hall–Kier alpha value is -2.61. The van der Waals surface area contributed by atoms with Crippen molar-refractivity contribution in [2.45, 2.75) is 44.2 Å². The molecule has 1 N–H and O–H groups in total. The minimum atomic E-state index is -0.903. The lowest BCUT2D eigenvalue weighted by Gasteiger charge is -2.28. The second-order valence-corrected chi connectivity index (χ2v) is 10.4. The summed E-state index contributed by atoms with van der Waals surface area (Å²) in [6, 6.07) is 21.0. The number of carboxylic acid groups (broad SMARTS) is 1. The Morgan fingerprint density at radius 1 is 0.972 bits per heavy atom. The van der Waals surface area contributed by atoms with E-state index in [0.717, 1.165) is 55.8 Å². The number of thioether (sulfide) groups is 1. The molecule has 192 valence electrons. The van der Waals surface area contributed by atoms with E-state index in [0.29, 0.717) is 25.0 Å². The first kappa shape index (κ1) is 26.5. The molecule has 1 fully saturated rings. The fourth-order valence-corrected chi connectivity index (χ4v) is 5.88. The van der Waals surface area contributed by atoms with Gasteiger partial charge in [0.05, 0.1) is 13.2 Å². The Kier molecular flexibility index (Phi) is 10.0. The molecule has 0 unspecified atom stereocenters. The maximum absolute atomic E-state index is 10.7. The van der Waals surface area contributed by atoms with Crippen LogP contribution in [0.3, 0.4) is 0 Å². The third-order valence-corrected chi connectivity index (χ3v) is 7.72.